The van der Waals surface area contributed by atoms with E-state index >= 15 is 0 Å². The van der Waals surface area contributed by atoms with Gasteiger partial charge in [-0.25, -0.2) is 4.39 Å². The predicted molar refractivity (Wildman–Crippen MR) is 105 cm³/mol. The molecular weight excluding hydrogens is 375 g/mol. The van der Waals surface area contributed by atoms with Crippen molar-refractivity contribution in [2.45, 2.75) is 36.9 Å². The van der Waals surface area contributed by atoms with E-state index in [0.717, 1.165) is 22.3 Å². The van der Waals surface area contributed by atoms with Gasteiger partial charge in [-0.15, -0.1) is 0 Å². The van der Waals surface area contributed by atoms with Crippen molar-refractivity contribution in [3.63, 3.8) is 0 Å². The number of halogens is 1. The van der Waals surface area contributed by atoms with Crippen molar-refractivity contribution < 1.29 is 29.6 Å². The third-order valence-corrected chi connectivity index (χ3v) is 5.46. The maximum atomic E-state index is 14.5. The Morgan fingerprint density at radius 1 is 0.793 bits per heavy atom. The molecule has 6 heteroatoms. The molecule has 1 fully saturated rings. The molecule has 0 aromatic heterocycles. The molecule has 0 spiro atoms. The SMILES string of the molecule is OC[C@H]1O[C@@H](c2cc(Cc3cc4cccccc-4c3)ccc2F)[C@H](O)[C@@H](O)[C@@H]1O. The summed E-state index contributed by atoms with van der Waals surface area (Å²) < 4.78 is 20.0. The largest absolute Gasteiger partial charge is 0.394 e. The minimum atomic E-state index is -1.55. The standard InChI is InChI=1S/C23H23FO5/c24-18-7-6-13(8-14-9-15-4-2-1-3-5-16(15)10-14)11-17(18)23-22(28)21(27)20(26)19(12-25)29-23/h1-7,9-11,19-23,25-28H,8,12H2/t19-,20-,21+,22-,23+/m1/s1. The molecule has 5 nitrogen and oxygen atoms in total. The zero-order valence-corrected chi connectivity index (χ0v) is 15.6. The molecule has 1 saturated heterocycles. The average molecular weight is 398 g/mol. The van der Waals surface area contributed by atoms with Crippen molar-refractivity contribution in [2.75, 3.05) is 6.61 Å². The fourth-order valence-electron chi connectivity index (χ4n) is 3.90. The molecule has 1 aliphatic heterocycles. The average Bonchev–Trinajstić information content (AvgIpc) is 2.96. The van der Waals surface area contributed by atoms with Crippen LogP contribution in [0.1, 0.15) is 22.8 Å². The normalized spacial score (nSPS) is 27.3. The summed E-state index contributed by atoms with van der Waals surface area (Å²) in [6.07, 6.45) is -6.25. The minimum Gasteiger partial charge on any atom is -0.394 e. The van der Waals surface area contributed by atoms with Gasteiger partial charge in [-0.3, -0.25) is 0 Å². The molecule has 3 aliphatic rings. The van der Waals surface area contributed by atoms with Crippen LogP contribution in [0.4, 0.5) is 4.39 Å². The maximum Gasteiger partial charge on any atom is 0.129 e. The number of aliphatic hydroxyl groups excluding tert-OH is 4. The van der Waals surface area contributed by atoms with Gasteiger partial charge in [0.15, 0.2) is 0 Å². The fraction of sp³-hybridized carbons (Fsp3) is 0.304. The first-order valence-corrected chi connectivity index (χ1v) is 9.54. The van der Waals surface area contributed by atoms with Gasteiger partial charge in [-0.1, -0.05) is 48.5 Å². The van der Waals surface area contributed by atoms with Crippen molar-refractivity contribution in [1.29, 1.82) is 0 Å². The van der Waals surface area contributed by atoms with Gasteiger partial charge in [-0.2, -0.15) is 0 Å². The highest BCUT2D eigenvalue weighted by Crippen LogP contribution is 2.35. The second-order valence-electron chi connectivity index (χ2n) is 7.47. The van der Waals surface area contributed by atoms with E-state index < -0.39 is 42.9 Å². The van der Waals surface area contributed by atoms with E-state index in [0.29, 0.717) is 6.42 Å². The van der Waals surface area contributed by atoms with Crippen LogP contribution in [0.25, 0.3) is 11.1 Å². The third kappa shape index (κ3) is 3.90. The van der Waals surface area contributed by atoms with Crippen molar-refractivity contribution in [1.82, 2.24) is 0 Å². The van der Waals surface area contributed by atoms with Gasteiger partial charge in [0.1, 0.15) is 36.3 Å². The van der Waals surface area contributed by atoms with Crippen LogP contribution in [-0.4, -0.2) is 51.4 Å². The zero-order chi connectivity index (χ0) is 20.5. The van der Waals surface area contributed by atoms with Gasteiger partial charge in [0.25, 0.3) is 0 Å². The fourth-order valence-corrected chi connectivity index (χ4v) is 3.90. The zero-order valence-electron chi connectivity index (χ0n) is 15.6. The van der Waals surface area contributed by atoms with E-state index in [9.17, 15) is 24.8 Å². The van der Waals surface area contributed by atoms with Gasteiger partial charge in [0.2, 0.25) is 0 Å². The number of aliphatic hydroxyl groups is 4. The van der Waals surface area contributed by atoms with E-state index in [1.54, 1.807) is 12.1 Å². The first kappa shape index (κ1) is 19.9. The lowest BCUT2D eigenvalue weighted by Crippen LogP contribution is -2.55. The molecule has 0 radical (unpaired) electrons. The maximum absolute atomic E-state index is 14.5. The van der Waals surface area contributed by atoms with Gasteiger partial charge < -0.3 is 25.2 Å². The quantitative estimate of drug-likeness (QED) is 0.540. The van der Waals surface area contributed by atoms with Crippen LogP contribution in [0.15, 0.2) is 60.7 Å². The van der Waals surface area contributed by atoms with E-state index in [1.165, 1.54) is 6.07 Å². The van der Waals surface area contributed by atoms with E-state index in [-0.39, 0.29) is 5.56 Å². The van der Waals surface area contributed by atoms with E-state index in [1.807, 2.05) is 30.3 Å². The van der Waals surface area contributed by atoms with E-state index in [4.69, 9.17) is 4.74 Å². The molecule has 152 valence electrons. The van der Waals surface area contributed by atoms with Crippen LogP contribution in [0, 0.1) is 5.82 Å². The van der Waals surface area contributed by atoms with Crippen LogP contribution in [0.2, 0.25) is 0 Å². The predicted octanol–water partition coefficient (Wildman–Crippen LogP) is 2.04. The number of ether oxygens (including phenoxy) is 1. The highest BCUT2D eigenvalue weighted by atomic mass is 19.1. The van der Waals surface area contributed by atoms with Crippen LogP contribution < -0.4 is 0 Å². The van der Waals surface area contributed by atoms with E-state index in [2.05, 4.69) is 12.1 Å². The van der Waals surface area contributed by atoms with Crippen molar-refractivity contribution in [3.8, 4) is 11.1 Å². The number of rotatable bonds is 4. The molecule has 0 saturated carbocycles. The highest BCUT2D eigenvalue weighted by Gasteiger charge is 2.44. The summed E-state index contributed by atoms with van der Waals surface area (Å²) in [5.74, 6) is -0.585. The summed E-state index contributed by atoms with van der Waals surface area (Å²) in [4.78, 5) is 0. The first-order chi connectivity index (χ1) is 14.0. The molecule has 0 unspecified atom stereocenters. The molecule has 4 N–H and O–H groups in total. The van der Waals surface area contributed by atoms with Crippen LogP contribution >= 0.6 is 0 Å². The monoisotopic (exact) mass is 398 g/mol. The molecule has 2 aliphatic carbocycles. The lowest BCUT2D eigenvalue weighted by molar-refractivity contribution is -0.232. The number of benzene rings is 1. The topological polar surface area (TPSA) is 90.2 Å². The summed E-state index contributed by atoms with van der Waals surface area (Å²) in [6.45, 7) is -0.555. The second kappa shape index (κ2) is 8.18. The number of fused-ring (bicyclic) bond motifs is 1. The van der Waals surface area contributed by atoms with Gasteiger partial charge >= 0.3 is 0 Å². The first-order valence-electron chi connectivity index (χ1n) is 9.54. The van der Waals surface area contributed by atoms with Gasteiger partial charge in [0, 0.05) is 5.56 Å². The lowest BCUT2D eigenvalue weighted by Gasteiger charge is -2.40. The summed E-state index contributed by atoms with van der Waals surface area (Å²) >= 11 is 0. The third-order valence-electron chi connectivity index (χ3n) is 5.46. The van der Waals surface area contributed by atoms with Crippen LogP contribution in [0.5, 0.6) is 0 Å². The molecule has 29 heavy (non-hydrogen) atoms. The van der Waals surface area contributed by atoms with Crippen molar-refractivity contribution in [2.24, 2.45) is 0 Å². The van der Waals surface area contributed by atoms with Crippen molar-refractivity contribution in [3.05, 3.63) is 83.2 Å². The Hall–Kier alpha value is -2.35. The Bertz CT molecular complexity index is 929. The Morgan fingerprint density at radius 3 is 2.14 bits per heavy atom. The number of hydrogen-bond donors (Lipinski definition) is 4. The van der Waals surface area contributed by atoms with Gasteiger partial charge in [-0.05, 0) is 40.8 Å². The lowest BCUT2D eigenvalue weighted by atomic mass is 9.90. The summed E-state index contributed by atoms with van der Waals surface area (Å²) in [5, 5.41) is 39.6. The summed E-state index contributed by atoms with van der Waals surface area (Å²) in [7, 11) is 0. The molecule has 5 atom stereocenters. The Morgan fingerprint density at radius 2 is 1.48 bits per heavy atom. The molecular formula is C23H23FO5. The molecule has 1 aromatic carbocycles. The Balaban J connectivity index is 1.63. The van der Waals surface area contributed by atoms with Gasteiger partial charge in [0.05, 0.1) is 6.61 Å². The highest BCUT2D eigenvalue weighted by molar-refractivity contribution is 5.68. The molecule has 4 rings (SSSR count). The summed E-state index contributed by atoms with van der Waals surface area (Å²) in [6, 6.07) is 18.7. The molecule has 0 amide bonds. The van der Waals surface area contributed by atoms with Crippen LogP contribution in [0.3, 0.4) is 0 Å². The molecule has 1 aromatic rings. The van der Waals surface area contributed by atoms with Crippen molar-refractivity contribution >= 4 is 0 Å². The minimum absolute atomic E-state index is 0.0851. The second-order valence-corrected chi connectivity index (χ2v) is 7.47. The number of hydrogen-bond acceptors (Lipinski definition) is 5. The smallest absolute Gasteiger partial charge is 0.129 e. The Kier molecular flexibility index (Phi) is 5.63. The van der Waals surface area contributed by atoms with Crippen LogP contribution in [-0.2, 0) is 11.2 Å². The summed E-state index contributed by atoms with van der Waals surface area (Å²) in [5.41, 5.74) is 4.19. The Labute approximate surface area is 168 Å². The molecule has 0 bridgehead atoms. The molecule has 1 heterocycles.